The molecule has 1 aromatic heterocycles. The Balaban J connectivity index is 0.000000521. The van der Waals surface area contributed by atoms with E-state index in [4.69, 9.17) is 4.98 Å². The molecule has 3 rings (SSSR count). The van der Waals surface area contributed by atoms with Crippen LogP contribution >= 0.6 is 0 Å². The highest BCUT2D eigenvalue weighted by atomic mass is 19.4. The Morgan fingerprint density at radius 3 is 2.54 bits per heavy atom. The lowest BCUT2D eigenvalue weighted by Gasteiger charge is -2.28. The molecule has 1 saturated heterocycles. The molecule has 0 radical (unpaired) electrons. The molecule has 1 atom stereocenters. The molecule has 4 N–H and O–H groups in total. The van der Waals surface area contributed by atoms with Crippen molar-refractivity contribution < 1.29 is 37.4 Å². The molecular weight excluding hydrogens is 495 g/mol. The number of methoxy groups -OCH3 is 1. The Bertz CT molecular complexity index is 911. The van der Waals surface area contributed by atoms with Gasteiger partial charge in [-0.3, -0.25) is 4.79 Å². The third-order valence-electron chi connectivity index (χ3n) is 6.16. The summed E-state index contributed by atoms with van der Waals surface area (Å²) in [5.41, 5.74) is 2.44. The van der Waals surface area contributed by atoms with Crippen molar-refractivity contribution in [1.29, 1.82) is 0 Å². The Morgan fingerprint density at radius 1 is 1.24 bits per heavy atom. The lowest BCUT2D eigenvalue weighted by atomic mass is 10.0. The van der Waals surface area contributed by atoms with Crippen LogP contribution in [0.4, 0.5) is 19.0 Å². The predicted octanol–water partition coefficient (Wildman–Crippen LogP) is 1.59. The summed E-state index contributed by atoms with van der Waals surface area (Å²) < 4.78 is 36.3. The molecule has 2 aliphatic rings. The number of unbranched alkanes of at least 4 members (excludes halogenated alkanes) is 1. The summed E-state index contributed by atoms with van der Waals surface area (Å²) in [6.07, 6.45) is 0.862. The van der Waals surface area contributed by atoms with Crippen LogP contribution in [-0.4, -0.2) is 91.9 Å². The largest absolute Gasteiger partial charge is 0.490 e. The molecule has 1 unspecified atom stereocenters. The number of rotatable bonds is 11. The van der Waals surface area contributed by atoms with Crippen LogP contribution in [0.15, 0.2) is 12.1 Å². The molecule has 0 saturated carbocycles. The van der Waals surface area contributed by atoms with Crippen LogP contribution in [0.25, 0.3) is 0 Å². The molecule has 1 fully saturated rings. The fourth-order valence-corrected chi connectivity index (χ4v) is 3.79. The normalized spacial score (nSPS) is 15.8. The predicted molar refractivity (Wildman–Crippen MR) is 130 cm³/mol. The number of aryl methyl sites for hydroxylation is 2. The van der Waals surface area contributed by atoms with E-state index < -0.39 is 24.2 Å². The van der Waals surface area contributed by atoms with Gasteiger partial charge in [0.1, 0.15) is 11.9 Å². The number of hydrogen-bond acceptors (Lipinski definition) is 8. The number of anilines is 1. The number of esters is 1. The van der Waals surface area contributed by atoms with Gasteiger partial charge in [0.25, 0.3) is 0 Å². The first kappa shape index (κ1) is 30.3. The number of aromatic nitrogens is 1. The van der Waals surface area contributed by atoms with Gasteiger partial charge in [-0.05, 0) is 63.7 Å². The van der Waals surface area contributed by atoms with Gasteiger partial charge >= 0.3 is 18.1 Å². The van der Waals surface area contributed by atoms with Gasteiger partial charge in [-0.1, -0.05) is 6.07 Å². The second kappa shape index (κ2) is 14.7. The molecule has 2 aliphatic heterocycles. The minimum absolute atomic E-state index is 0.0954. The zero-order chi connectivity index (χ0) is 27.4. The number of nitrogens with one attached hydrogen (secondary N) is 3. The van der Waals surface area contributed by atoms with E-state index in [1.165, 1.54) is 12.0 Å². The van der Waals surface area contributed by atoms with Crippen molar-refractivity contribution in [3.63, 3.8) is 0 Å². The molecule has 0 spiro atoms. The molecule has 0 aliphatic carbocycles. The van der Waals surface area contributed by atoms with Crippen LogP contribution in [0.2, 0.25) is 0 Å². The number of carbonyl (C=O) groups excluding carboxylic acids is 2. The number of hydrogen-bond donors (Lipinski definition) is 4. The maximum Gasteiger partial charge on any atom is 0.490 e. The Kier molecular flexibility index (Phi) is 12.1. The zero-order valence-electron chi connectivity index (χ0n) is 21.2. The van der Waals surface area contributed by atoms with E-state index in [0.717, 1.165) is 50.3 Å². The van der Waals surface area contributed by atoms with Crippen LogP contribution in [0.3, 0.4) is 0 Å². The fraction of sp³-hybridized carbons (Fsp3) is 0.667. The summed E-state index contributed by atoms with van der Waals surface area (Å²) in [4.78, 5) is 39.8. The molecule has 208 valence electrons. The number of alkyl halides is 3. The van der Waals surface area contributed by atoms with Gasteiger partial charge in [0, 0.05) is 31.9 Å². The lowest BCUT2D eigenvalue weighted by molar-refractivity contribution is -0.196. The topological polar surface area (TPSA) is 133 Å². The highest BCUT2D eigenvalue weighted by molar-refractivity contribution is 5.85. The molecule has 3 heterocycles. The molecule has 10 nitrogen and oxygen atoms in total. The van der Waals surface area contributed by atoms with Crippen molar-refractivity contribution in [3.8, 4) is 0 Å². The van der Waals surface area contributed by atoms with E-state index in [0.29, 0.717) is 33.2 Å². The number of ether oxygens (including phenoxy) is 1. The van der Waals surface area contributed by atoms with Gasteiger partial charge in [-0.2, -0.15) is 13.2 Å². The second-order valence-electron chi connectivity index (χ2n) is 9.13. The summed E-state index contributed by atoms with van der Waals surface area (Å²) in [7, 11) is 2.67. The molecule has 1 aromatic rings. The van der Waals surface area contributed by atoms with Gasteiger partial charge in [0.15, 0.2) is 0 Å². The maximum absolute atomic E-state index is 12.0. The molecule has 0 aromatic carbocycles. The highest BCUT2D eigenvalue weighted by Crippen LogP contribution is 2.20. The average Bonchev–Trinajstić information content (AvgIpc) is 2.82. The molecule has 37 heavy (non-hydrogen) atoms. The summed E-state index contributed by atoms with van der Waals surface area (Å²) in [5, 5.41) is 18.4. The zero-order valence-corrected chi connectivity index (χ0v) is 21.2. The van der Waals surface area contributed by atoms with Crippen molar-refractivity contribution >= 4 is 23.7 Å². The number of carboxylic acid groups (broad SMARTS) is 1. The minimum Gasteiger partial charge on any atom is -0.480 e. The fourth-order valence-electron chi connectivity index (χ4n) is 3.79. The Labute approximate surface area is 214 Å². The second-order valence-corrected chi connectivity index (χ2v) is 9.13. The summed E-state index contributed by atoms with van der Waals surface area (Å²) >= 11 is 0. The number of nitrogens with zero attached hydrogens (tertiary/aromatic N) is 2. The molecule has 1 amide bonds. The van der Waals surface area contributed by atoms with Crippen molar-refractivity contribution in [2.45, 2.75) is 50.7 Å². The van der Waals surface area contributed by atoms with E-state index in [9.17, 15) is 32.7 Å². The number of carboxylic acids is 1. The first-order chi connectivity index (χ1) is 17.5. The van der Waals surface area contributed by atoms with Crippen LogP contribution in [0, 0.1) is 5.92 Å². The third-order valence-corrected chi connectivity index (χ3v) is 6.16. The van der Waals surface area contributed by atoms with E-state index in [1.807, 2.05) is 7.05 Å². The third kappa shape index (κ3) is 10.5. The van der Waals surface area contributed by atoms with E-state index >= 15 is 0 Å². The van der Waals surface area contributed by atoms with Crippen molar-refractivity contribution in [2.24, 2.45) is 5.92 Å². The molecule has 0 bridgehead atoms. The Morgan fingerprint density at radius 2 is 1.97 bits per heavy atom. The van der Waals surface area contributed by atoms with E-state index in [1.54, 1.807) is 0 Å². The van der Waals surface area contributed by atoms with Gasteiger partial charge in [-0.15, -0.1) is 0 Å². The van der Waals surface area contributed by atoms with Gasteiger partial charge in [-0.25, -0.2) is 14.6 Å². The lowest BCUT2D eigenvalue weighted by Crippen LogP contribution is -2.54. The number of amides is 1. The van der Waals surface area contributed by atoms with E-state index in [-0.39, 0.29) is 11.8 Å². The SMILES string of the molecule is CN(CCCCc1ccc2c(n1)NCCC2)CCC(NC(=O)C1CNC1)C(=O)O.COC(=O)C(F)(F)F. The first-order valence-corrected chi connectivity index (χ1v) is 12.3. The van der Waals surface area contributed by atoms with E-state index in [2.05, 4.69) is 37.7 Å². The van der Waals surface area contributed by atoms with Crippen molar-refractivity contribution in [3.05, 3.63) is 23.4 Å². The number of aliphatic carboxylic acids is 1. The number of carbonyl (C=O) groups is 3. The number of pyridine rings is 1. The van der Waals surface area contributed by atoms with Crippen LogP contribution in [0.1, 0.15) is 36.9 Å². The van der Waals surface area contributed by atoms with Gasteiger partial charge in [0.2, 0.25) is 5.91 Å². The monoisotopic (exact) mass is 531 g/mol. The van der Waals surface area contributed by atoms with Crippen molar-refractivity contribution in [1.82, 2.24) is 20.5 Å². The van der Waals surface area contributed by atoms with Gasteiger partial charge in [0.05, 0.1) is 13.0 Å². The standard InChI is InChI=1S/C21H33N5O3.C3H3F3O2/c1-26(12-9-18(21(28)29)25-20(27)16-13-22-14-16)11-3-2-6-17-8-7-15-5-4-10-23-19(15)24-17;1-8-2(7)3(4,5)6/h7-8,16,18,22H,2-6,9-14H2,1H3,(H,23,24)(H,25,27)(H,28,29);1H3. The summed E-state index contributed by atoms with van der Waals surface area (Å²) in [6, 6.07) is 3.50. The number of halogens is 3. The molecule has 13 heteroatoms. The first-order valence-electron chi connectivity index (χ1n) is 12.3. The van der Waals surface area contributed by atoms with Gasteiger partial charge < -0.3 is 30.7 Å². The van der Waals surface area contributed by atoms with Crippen LogP contribution < -0.4 is 16.0 Å². The minimum atomic E-state index is -4.85. The van der Waals surface area contributed by atoms with Crippen LogP contribution in [-0.2, 0) is 32.0 Å². The average molecular weight is 532 g/mol. The maximum atomic E-state index is 12.0. The Hall–Kier alpha value is -2.93. The smallest absolute Gasteiger partial charge is 0.480 e. The number of fused-ring (bicyclic) bond motifs is 1. The molecular formula is C24H36F3N5O5. The summed E-state index contributed by atoms with van der Waals surface area (Å²) in [5.74, 6) is -2.35. The quantitative estimate of drug-likeness (QED) is 0.248. The van der Waals surface area contributed by atoms with Crippen LogP contribution in [0.5, 0.6) is 0 Å². The van der Waals surface area contributed by atoms with Crippen molar-refractivity contribution in [2.75, 3.05) is 52.2 Å². The highest BCUT2D eigenvalue weighted by Gasteiger charge is 2.40. The summed E-state index contributed by atoms with van der Waals surface area (Å²) in [6.45, 7) is 3.81.